The van der Waals surface area contributed by atoms with E-state index in [2.05, 4.69) is 92.8 Å². The van der Waals surface area contributed by atoms with Gasteiger partial charge in [-0.1, -0.05) is 36.4 Å². The maximum absolute atomic E-state index is 14.2. The summed E-state index contributed by atoms with van der Waals surface area (Å²) in [6.45, 7) is 12.3. The molecule has 4 aromatic carbocycles. The van der Waals surface area contributed by atoms with E-state index in [1.807, 2.05) is 74.8 Å². The van der Waals surface area contributed by atoms with Crippen molar-refractivity contribution >= 4 is 61.5 Å². The number of nitrogens with one attached hydrogen (secondary N) is 4. The summed E-state index contributed by atoms with van der Waals surface area (Å²) < 4.78 is 43.5. The number of rotatable bonds is 20. The number of aryl methyl sites for hydroxylation is 4. The first kappa shape index (κ1) is 63.6. The Morgan fingerprint density at radius 2 is 0.952 bits per heavy atom. The number of furan rings is 2. The van der Waals surface area contributed by atoms with Crippen molar-refractivity contribution in [2.75, 3.05) is 49.2 Å². The third-order valence-electron chi connectivity index (χ3n) is 17.2. The molecule has 6 heterocycles. The molecule has 2 saturated heterocycles. The number of hydrogen-bond acceptors (Lipinski definition) is 12. The normalized spacial score (nSPS) is 17.0. The molecule has 2 aliphatic heterocycles. The van der Waals surface area contributed by atoms with Crippen molar-refractivity contribution in [3.05, 3.63) is 177 Å². The second kappa shape index (κ2) is 27.9. The van der Waals surface area contributed by atoms with Gasteiger partial charge in [0, 0.05) is 95.7 Å². The average Bonchev–Trinajstić information content (AvgIpc) is 2.81. The van der Waals surface area contributed by atoms with E-state index in [1.165, 1.54) is 49.7 Å². The fourth-order valence-electron chi connectivity index (χ4n) is 12.3. The number of piperidine rings is 2. The van der Waals surface area contributed by atoms with Gasteiger partial charge in [-0.3, -0.25) is 9.59 Å². The average molecular weight is 1190 g/mol. The maximum atomic E-state index is 14.2. The number of H-pyrrole nitrogens is 2. The van der Waals surface area contributed by atoms with E-state index >= 15 is 0 Å². The van der Waals surface area contributed by atoms with Crippen LogP contribution < -0.4 is 89.3 Å². The molecule has 16 nitrogen and oxygen atoms in total. The van der Waals surface area contributed by atoms with Crippen LogP contribution in [0.3, 0.4) is 0 Å². The van der Waals surface area contributed by atoms with Crippen molar-refractivity contribution in [2.45, 2.75) is 128 Å². The summed E-state index contributed by atoms with van der Waals surface area (Å²) >= 11 is 0. The Hall–Kier alpha value is -4.90. The Labute approximate surface area is 537 Å². The van der Waals surface area contributed by atoms with Crippen LogP contribution in [0.5, 0.6) is 0 Å². The van der Waals surface area contributed by atoms with Crippen LogP contribution in [-0.4, -0.2) is 61.2 Å². The van der Waals surface area contributed by atoms with Crippen molar-refractivity contribution < 1.29 is 106 Å². The first-order valence-corrected chi connectivity index (χ1v) is 31.1. The van der Waals surface area contributed by atoms with E-state index in [1.54, 1.807) is 0 Å². The summed E-state index contributed by atoms with van der Waals surface area (Å²) in [6, 6.07) is 32.2. The Bertz CT molecular complexity index is 3410. The van der Waals surface area contributed by atoms with E-state index in [0.717, 1.165) is 141 Å². The van der Waals surface area contributed by atoms with Crippen LogP contribution in [0.4, 0.5) is 11.4 Å². The molecule has 12 rings (SSSR count). The molecule has 2 amide bonds. The van der Waals surface area contributed by atoms with E-state index in [9.17, 15) is 28.5 Å². The van der Waals surface area contributed by atoms with E-state index in [-0.39, 0.29) is 84.1 Å². The SMILES string of the molecule is Cc1ccc(C(NC(=O)C2(c3ccc4[nH]cc(CCO[P+](=O)[O-])c4c3)CC2)c2ccc(C)o2)c(N2CCCCC2)c1.Cc1ccc(C(NC(=O)C2(c3ccc4[nH]cc(CCO[P+](=O)[O-])c4c3)CC2)c2ccc(C)o2)c(N2CCCCC2)c1.[Na+].[Na+]. The molecule has 4 N–H and O–H groups in total. The molecule has 4 fully saturated rings. The number of anilines is 2. The van der Waals surface area contributed by atoms with Crippen molar-refractivity contribution in [1.29, 1.82) is 0 Å². The number of aromatic nitrogens is 2. The number of fused-ring (bicyclic) bond motifs is 2. The molecule has 84 heavy (non-hydrogen) atoms. The quantitative estimate of drug-likeness (QED) is 0.0528. The third-order valence-corrected chi connectivity index (χ3v) is 18.0. The zero-order valence-electron chi connectivity index (χ0n) is 49.1. The Kier molecular flexibility index (Phi) is 21.1. The van der Waals surface area contributed by atoms with Crippen LogP contribution in [0.25, 0.3) is 21.8 Å². The van der Waals surface area contributed by atoms with Gasteiger partial charge < -0.3 is 49.0 Å². The topological polar surface area (TPSA) is 221 Å². The van der Waals surface area contributed by atoms with Crippen LogP contribution in [0.15, 0.2) is 118 Å². The summed E-state index contributed by atoms with van der Waals surface area (Å²) in [6.07, 6.45) is 14.9. The van der Waals surface area contributed by atoms with Gasteiger partial charge in [-0.05, 0) is 195 Å². The molecule has 2 saturated carbocycles. The van der Waals surface area contributed by atoms with Crippen molar-refractivity contribution in [3.63, 3.8) is 0 Å². The summed E-state index contributed by atoms with van der Waals surface area (Å²) in [5, 5.41) is 8.79. The van der Waals surface area contributed by atoms with Crippen molar-refractivity contribution in [3.8, 4) is 0 Å². The minimum absolute atomic E-state index is 0. The number of carbonyl (C=O) groups is 2. The molecule has 0 bridgehead atoms. The zero-order chi connectivity index (χ0) is 57.1. The molecule has 0 spiro atoms. The number of hydrogen-bond donors (Lipinski definition) is 4. The second-order valence-electron chi connectivity index (χ2n) is 22.9. The van der Waals surface area contributed by atoms with Gasteiger partial charge in [-0.15, -0.1) is 9.05 Å². The molecular weight excluding hydrogens is 1120 g/mol. The first-order chi connectivity index (χ1) is 39.7. The molecule has 4 atom stereocenters. The fourth-order valence-corrected chi connectivity index (χ4v) is 12.8. The standard InChI is InChI=1S/2C32H36N3O5P.2Na/c2*1-21-6-9-25(28(18-21)35-15-4-3-5-16-35)30(29-11-7-22(2)40-29)34-31(36)32(13-14-32)24-8-10-27-26(19-24)23(20-33-27)12-17-39-41(37)38;;/h2*6-11,18-20,30,33H,3-5,12-17H2,1-2H3,(H,34,36);;/q;;2*+1. The van der Waals surface area contributed by atoms with Crippen LogP contribution in [0.1, 0.15) is 144 Å². The maximum Gasteiger partial charge on any atom is 1.00 e. The van der Waals surface area contributed by atoms with E-state index < -0.39 is 39.4 Å². The molecule has 4 aliphatic rings. The van der Waals surface area contributed by atoms with Crippen LogP contribution in [0, 0.1) is 27.7 Å². The summed E-state index contributed by atoms with van der Waals surface area (Å²) in [5.74, 6) is 3.06. The molecule has 4 aromatic heterocycles. The van der Waals surface area contributed by atoms with E-state index in [0.29, 0.717) is 12.8 Å². The van der Waals surface area contributed by atoms with Gasteiger partial charge >= 0.3 is 75.6 Å². The van der Waals surface area contributed by atoms with Gasteiger partial charge in [-0.2, -0.15) is 0 Å². The molecule has 428 valence electrons. The van der Waals surface area contributed by atoms with Crippen LogP contribution >= 0.6 is 16.5 Å². The van der Waals surface area contributed by atoms with Gasteiger partial charge in [0.2, 0.25) is 11.8 Å². The van der Waals surface area contributed by atoms with Crippen molar-refractivity contribution in [2.24, 2.45) is 0 Å². The Morgan fingerprint density at radius 3 is 1.30 bits per heavy atom. The summed E-state index contributed by atoms with van der Waals surface area (Å²) in [5.41, 5.74) is 11.3. The zero-order valence-corrected chi connectivity index (χ0v) is 54.9. The van der Waals surface area contributed by atoms with Crippen molar-refractivity contribution in [1.82, 2.24) is 20.6 Å². The van der Waals surface area contributed by atoms with Gasteiger partial charge in [0.15, 0.2) is 0 Å². The fraction of sp³-hybridized carbons (Fsp3) is 0.406. The molecular formula is C64H72N6Na2O10P2+2. The molecule has 2 aliphatic carbocycles. The Morgan fingerprint density at radius 1 is 0.560 bits per heavy atom. The Balaban J connectivity index is 0.000000197. The number of aromatic amines is 2. The molecule has 8 aromatic rings. The van der Waals surface area contributed by atoms with Gasteiger partial charge in [-0.25, -0.2) is 0 Å². The van der Waals surface area contributed by atoms with Gasteiger partial charge in [0.25, 0.3) is 0 Å². The predicted molar refractivity (Wildman–Crippen MR) is 314 cm³/mol. The summed E-state index contributed by atoms with van der Waals surface area (Å²) in [7, 11) is -5.75. The predicted octanol–water partition coefficient (Wildman–Crippen LogP) is 5.77. The number of carbonyl (C=O) groups excluding carboxylic acids is 2. The number of nitrogens with zero attached hydrogens (tertiary/aromatic N) is 2. The first-order valence-electron chi connectivity index (χ1n) is 28.9. The minimum atomic E-state index is -2.88. The minimum Gasteiger partial charge on any atom is -0.566 e. The summed E-state index contributed by atoms with van der Waals surface area (Å²) in [4.78, 5) is 61.4. The van der Waals surface area contributed by atoms with Gasteiger partial charge in [0.1, 0.15) is 48.3 Å². The van der Waals surface area contributed by atoms with E-state index in [4.69, 9.17) is 17.9 Å². The van der Waals surface area contributed by atoms with Gasteiger partial charge in [0.05, 0.1) is 10.8 Å². The number of amides is 2. The molecule has 20 heteroatoms. The smallest absolute Gasteiger partial charge is 0.566 e. The molecule has 0 radical (unpaired) electrons. The van der Waals surface area contributed by atoms with Crippen LogP contribution in [-0.2, 0) is 51.4 Å². The third kappa shape index (κ3) is 14.2. The largest absolute Gasteiger partial charge is 1.00 e. The van der Waals surface area contributed by atoms with Crippen LogP contribution in [0.2, 0.25) is 0 Å². The second-order valence-corrected chi connectivity index (χ2v) is 24.3. The monoisotopic (exact) mass is 1190 g/mol. The molecule has 4 unspecified atom stereocenters. The number of benzene rings is 4.